The van der Waals surface area contributed by atoms with Crippen LogP contribution < -0.4 is 5.56 Å². The summed E-state index contributed by atoms with van der Waals surface area (Å²) in [6.45, 7) is 0.112. The minimum atomic E-state index is -0.334. The Labute approximate surface area is 248 Å². The standard InChI is InChI=1S/C32H22FN5O4S/c33-21-13-11-19(12-14-21)17-26-22-7-1-2-8-23(22)31(41)38(36-26)18-27-34-35-32(42-27)43-16-15-37-29(39)24-9-3-5-20-6-4-10-25(28(20)24)30(37)40/h1-14H,15-18H2. The molecule has 0 atom stereocenters. The van der Waals surface area contributed by atoms with Crippen molar-refractivity contribution in [3.8, 4) is 0 Å². The number of halogens is 1. The molecule has 0 fully saturated rings. The van der Waals surface area contributed by atoms with Crippen molar-refractivity contribution >= 4 is 45.1 Å². The van der Waals surface area contributed by atoms with Crippen molar-refractivity contribution < 1.29 is 18.4 Å². The van der Waals surface area contributed by atoms with Crippen LogP contribution in [0.2, 0.25) is 0 Å². The normalized spacial score (nSPS) is 12.9. The van der Waals surface area contributed by atoms with E-state index < -0.39 is 0 Å². The van der Waals surface area contributed by atoms with Crippen LogP contribution in [0.1, 0.15) is 37.9 Å². The number of rotatable bonds is 8. The molecule has 0 aliphatic carbocycles. The number of amides is 2. The van der Waals surface area contributed by atoms with Crippen LogP contribution in [-0.2, 0) is 13.0 Å². The molecule has 2 aromatic heterocycles. The lowest BCUT2D eigenvalue weighted by atomic mass is 9.94. The molecule has 43 heavy (non-hydrogen) atoms. The second-order valence-electron chi connectivity index (χ2n) is 10.0. The molecule has 2 amide bonds. The summed E-state index contributed by atoms with van der Waals surface area (Å²) in [4.78, 5) is 40.7. The molecular weight excluding hydrogens is 569 g/mol. The van der Waals surface area contributed by atoms with Crippen molar-refractivity contribution in [2.24, 2.45) is 0 Å². The van der Waals surface area contributed by atoms with Crippen molar-refractivity contribution in [3.05, 3.63) is 129 Å². The molecule has 0 bridgehead atoms. The molecule has 0 saturated carbocycles. The van der Waals surface area contributed by atoms with Crippen molar-refractivity contribution in [2.75, 3.05) is 12.3 Å². The highest BCUT2D eigenvalue weighted by molar-refractivity contribution is 7.99. The minimum absolute atomic E-state index is 0.0441. The Morgan fingerprint density at radius 3 is 2.21 bits per heavy atom. The SMILES string of the molecule is O=C1c2cccc3cccc(c23)C(=O)N1CCSc1nnc(Cn2nc(Cc3ccc(F)cc3)c3ccccc3c2=O)o1. The second-order valence-corrected chi connectivity index (χ2v) is 11.1. The lowest BCUT2D eigenvalue weighted by Crippen LogP contribution is -2.41. The Balaban J connectivity index is 1.07. The third-order valence-electron chi connectivity index (χ3n) is 7.36. The van der Waals surface area contributed by atoms with Gasteiger partial charge < -0.3 is 4.42 Å². The first kappa shape index (κ1) is 26.7. The second kappa shape index (κ2) is 10.9. The van der Waals surface area contributed by atoms with E-state index in [-0.39, 0.29) is 47.4 Å². The van der Waals surface area contributed by atoms with Crippen LogP contribution in [0.15, 0.2) is 99.4 Å². The largest absolute Gasteiger partial charge is 0.414 e. The molecular formula is C32H22FN5O4S. The summed E-state index contributed by atoms with van der Waals surface area (Å²) in [7, 11) is 0. The van der Waals surface area contributed by atoms with Gasteiger partial charge in [-0.05, 0) is 41.3 Å². The van der Waals surface area contributed by atoms with E-state index in [1.54, 1.807) is 36.4 Å². The monoisotopic (exact) mass is 591 g/mol. The molecule has 0 N–H and O–H groups in total. The number of imide groups is 1. The van der Waals surface area contributed by atoms with Gasteiger partial charge in [0.1, 0.15) is 12.4 Å². The maximum absolute atomic E-state index is 13.4. The number of aromatic nitrogens is 4. The number of fused-ring (bicyclic) bond motifs is 1. The van der Waals surface area contributed by atoms with Crippen LogP contribution in [0.4, 0.5) is 4.39 Å². The molecule has 4 aromatic carbocycles. The lowest BCUT2D eigenvalue weighted by molar-refractivity contribution is 0.0621. The first-order chi connectivity index (χ1) is 21.0. The van der Waals surface area contributed by atoms with E-state index in [4.69, 9.17) is 4.42 Å². The van der Waals surface area contributed by atoms with E-state index in [9.17, 15) is 18.8 Å². The predicted octanol–water partition coefficient (Wildman–Crippen LogP) is 5.10. The molecule has 9 nitrogen and oxygen atoms in total. The Kier molecular flexibility index (Phi) is 6.78. The van der Waals surface area contributed by atoms with Crippen LogP contribution in [0.5, 0.6) is 0 Å². The molecule has 3 heterocycles. The van der Waals surface area contributed by atoms with Gasteiger partial charge in [0, 0.05) is 40.6 Å². The maximum Gasteiger partial charge on any atom is 0.276 e. The minimum Gasteiger partial charge on any atom is -0.414 e. The van der Waals surface area contributed by atoms with Crippen LogP contribution in [-0.4, -0.2) is 49.0 Å². The van der Waals surface area contributed by atoms with Gasteiger partial charge in [-0.1, -0.05) is 66.4 Å². The number of nitrogens with zero attached hydrogens (tertiary/aromatic N) is 5. The number of hydrogen-bond acceptors (Lipinski definition) is 8. The Morgan fingerprint density at radius 2 is 1.49 bits per heavy atom. The van der Waals surface area contributed by atoms with Crippen LogP contribution in [0, 0.1) is 5.82 Å². The summed E-state index contributed by atoms with van der Waals surface area (Å²) in [5.74, 6) is -0.467. The van der Waals surface area contributed by atoms with Gasteiger partial charge >= 0.3 is 0 Å². The van der Waals surface area contributed by atoms with E-state index in [1.165, 1.54) is 33.5 Å². The van der Waals surface area contributed by atoms with Gasteiger partial charge in [-0.25, -0.2) is 9.07 Å². The van der Waals surface area contributed by atoms with Crippen LogP contribution in [0.25, 0.3) is 21.5 Å². The third kappa shape index (κ3) is 4.97. The maximum atomic E-state index is 13.4. The number of thioether (sulfide) groups is 1. The molecule has 212 valence electrons. The number of carbonyl (C=O) groups is 2. The molecule has 6 aromatic rings. The van der Waals surface area contributed by atoms with Crippen molar-refractivity contribution in [3.63, 3.8) is 0 Å². The molecule has 0 unspecified atom stereocenters. The van der Waals surface area contributed by atoms with Gasteiger partial charge in [0.05, 0.1) is 11.1 Å². The Morgan fingerprint density at radius 1 is 0.791 bits per heavy atom. The number of hydrogen-bond donors (Lipinski definition) is 0. The molecule has 0 saturated heterocycles. The van der Waals surface area contributed by atoms with Gasteiger partial charge in [-0.3, -0.25) is 19.3 Å². The Bertz CT molecular complexity index is 2060. The highest BCUT2D eigenvalue weighted by Crippen LogP contribution is 2.30. The molecule has 7 rings (SSSR count). The van der Waals surface area contributed by atoms with Crippen LogP contribution in [0.3, 0.4) is 0 Å². The van der Waals surface area contributed by atoms with Crippen LogP contribution >= 0.6 is 11.8 Å². The van der Waals surface area contributed by atoms with Gasteiger partial charge in [-0.15, -0.1) is 10.2 Å². The topological polar surface area (TPSA) is 111 Å². The summed E-state index contributed by atoms with van der Waals surface area (Å²) in [6.07, 6.45) is 0.402. The summed E-state index contributed by atoms with van der Waals surface area (Å²) >= 11 is 1.21. The zero-order chi connectivity index (χ0) is 29.5. The van der Waals surface area contributed by atoms with Crippen molar-refractivity contribution in [1.29, 1.82) is 0 Å². The lowest BCUT2D eigenvalue weighted by Gasteiger charge is -2.26. The summed E-state index contributed by atoms with van der Waals surface area (Å²) in [6, 6.07) is 24.2. The molecule has 1 aliphatic heterocycles. The Hall–Kier alpha value is -5.16. The number of benzene rings is 4. The molecule has 11 heteroatoms. The fourth-order valence-electron chi connectivity index (χ4n) is 5.33. The molecule has 0 radical (unpaired) electrons. The smallest absolute Gasteiger partial charge is 0.276 e. The summed E-state index contributed by atoms with van der Waals surface area (Å²) in [5.41, 5.74) is 2.22. The third-order valence-corrected chi connectivity index (χ3v) is 8.16. The fourth-order valence-corrected chi connectivity index (χ4v) is 6.04. The average molecular weight is 592 g/mol. The van der Waals surface area contributed by atoms with E-state index in [2.05, 4.69) is 15.3 Å². The zero-order valence-electron chi connectivity index (χ0n) is 22.6. The first-order valence-electron chi connectivity index (χ1n) is 13.5. The summed E-state index contributed by atoms with van der Waals surface area (Å²) in [5, 5.41) is 15.7. The van der Waals surface area contributed by atoms with Gasteiger partial charge in [0.15, 0.2) is 0 Å². The molecule has 0 spiro atoms. The van der Waals surface area contributed by atoms with Crippen molar-refractivity contribution in [1.82, 2.24) is 24.9 Å². The van der Waals surface area contributed by atoms with Crippen molar-refractivity contribution in [2.45, 2.75) is 18.2 Å². The average Bonchev–Trinajstić information content (AvgIpc) is 3.48. The fraction of sp³-hybridized carbons (Fsp3) is 0.125. The van der Waals surface area contributed by atoms with E-state index >= 15 is 0 Å². The van der Waals surface area contributed by atoms with Gasteiger partial charge in [0.25, 0.3) is 22.6 Å². The quantitative estimate of drug-likeness (QED) is 0.178. The van der Waals surface area contributed by atoms with E-state index in [1.807, 2.05) is 36.4 Å². The van der Waals surface area contributed by atoms with Gasteiger partial charge in [0.2, 0.25) is 5.89 Å². The zero-order valence-corrected chi connectivity index (χ0v) is 23.4. The van der Waals surface area contributed by atoms with E-state index in [0.717, 1.165) is 16.3 Å². The highest BCUT2D eigenvalue weighted by Gasteiger charge is 2.32. The number of carbonyl (C=O) groups excluding carboxylic acids is 2. The molecule has 1 aliphatic rings. The predicted molar refractivity (Wildman–Crippen MR) is 159 cm³/mol. The van der Waals surface area contributed by atoms with Gasteiger partial charge in [-0.2, -0.15) is 5.10 Å². The highest BCUT2D eigenvalue weighted by atomic mass is 32.2. The van der Waals surface area contributed by atoms with E-state index in [0.29, 0.717) is 39.8 Å². The summed E-state index contributed by atoms with van der Waals surface area (Å²) < 4.78 is 20.5. The first-order valence-corrected chi connectivity index (χ1v) is 14.5.